The van der Waals surface area contributed by atoms with E-state index in [1.165, 1.54) is 27.1 Å². The third kappa shape index (κ3) is 2.23. The van der Waals surface area contributed by atoms with E-state index in [1.807, 2.05) is 4.68 Å². The monoisotopic (exact) mass is 397 g/mol. The zero-order chi connectivity index (χ0) is 16.1. The van der Waals surface area contributed by atoms with E-state index in [0.29, 0.717) is 0 Å². The van der Waals surface area contributed by atoms with Crippen molar-refractivity contribution in [2.45, 2.75) is 13.0 Å². The van der Waals surface area contributed by atoms with Crippen molar-refractivity contribution in [2.24, 2.45) is 0 Å². The minimum Gasteiger partial charge on any atom is -0.277 e. The van der Waals surface area contributed by atoms with Crippen molar-refractivity contribution in [1.29, 1.82) is 0 Å². The number of nitrogens with zero attached hydrogens (tertiary/aromatic N) is 4. The van der Waals surface area contributed by atoms with Gasteiger partial charge in [0.05, 0.1) is 17.1 Å². The van der Waals surface area contributed by atoms with Crippen molar-refractivity contribution in [2.75, 3.05) is 0 Å². The summed E-state index contributed by atoms with van der Waals surface area (Å²) in [5.74, 6) is 0. The fraction of sp³-hybridized carbons (Fsp3) is 0.118. The molecule has 0 saturated heterocycles. The maximum Gasteiger partial charge on any atom is 0.137 e. The first-order chi connectivity index (χ1) is 11.8. The van der Waals surface area contributed by atoms with Gasteiger partial charge in [0.2, 0.25) is 0 Å². The zero-order valence-corrected chi connectivity index (χ0v) is 14.9. The lowest BCUT2D eigenvalue weighted by Gasteiger charge is -2.05. The zero-order valence-electron chi connectivity index (χ0n) is 12.5. The lowest BCUT2D eigenvalue weighted by Crippen LogP contribution is -2.00. The number of aromatic nitrogens is 5. The molecule has 1 aromatic carbocycles. The van der Waals surface area contributed by atoms with Crippen molar-refractivity contribution in [3.8, 4) is 21.8 Å². The molecular formula is C17H12BrN5S. The largest absolute Gasteiger partial charge is 0.277 e. The minimum atomic E-state index is 0.724. The van der Waals surface area contributed by atoms with E-state index in [9.17, 15) is 0 Å². The lowest BCUT2D eigenvalue weighted by atomic mass is 10.1. The standard InChI is InChI=1S/C17H12BrN5S/c18-12-5-15(24-7-12)17-14-4-11-2-1-10(6-23-9-19-8-20-23)3-13(11)16(14)21-22-17/h1-3,5,7-9H,4,6H2,(H,21,22). The van der Waals surface area contributed by atoms with Gasteiger partial charge in [-0.1, -0.05) is 12.1 Å². The summed E-state index contributed by atoms with van der Waals surface area (Å²) in [6.07, 6.45) is 4.23. The molecule has 0 radical (unpaired) electrons. The summed E-state index contributed by atoms with van der Waals surface area (Å²) >= 11 is 5.23. The summed E-state index contributed by atoms with van der Waals surface area (Å²) in [7, 11) is 0. The third-order valence-corrected chi connectivity index (χ3v) is 5.99. The molecule has 3 aromatic heterocycles. The van der Waals surface area contributed by atoms with Gasteiger partial charge in [0, 0.05) is 27.4 Å². The summed E-state index contributed by atoms with van der Waals surface area (Å²) in [6, 6.07) is 8.74. The molecule has 5 nitrogen and oxygen atoms in total. The van der Waals surface area contributed by atoms with Crippen molar-refractivity contribution in [3.05, 3.63) is 63.5 Å². The van der Waals surface area contributed by atoms with Crippen LogP contribution in [0.4, 0.5) is 0 Å². The number of thiophene rings is 1. The number of rotatable bonds is 3. The van der Waals surface area contributed by atoms with Gasteiger partial charge in [0.15, 0.2) is 0 Å². The van der Waals surface area contributed by atoms with E-state index in [0.717, 1.165) is 28.8 Å². The molecule has 0 spiro atoms. The van der Waals surface area contributed by atoms with Crippen LogP contribution in [0, 0.1) is 0 Å². The van der Waals surface area contributed by atoms with E-state index in [1.54, 1.807) is 24.0 Å². The van der Waals surface area contributed by atoms with Crippen LogP contribution in [0.2, 0.25) is 0 Å². The molecule has 0 bridgehead atoms. The summed E-state index contributed by atoms with van der Waals surface area (Å²) < 4.78 is 2.93. The van der Waals surface area contributed by atoms with Gasteiger partial charge in [-0.2, -0.15) is 10.2 Å². The quantitative estimate of drug-likeness (QED) is 0.498. The van der Waals surface area contributed by atoms with Gasteiger partial charge in [-0.25, -0.2) is 9.67 Å². The number of benzene rings is 1. The molecule has 3 heterocycles. The van der Waals surface area contributed by atoms with Gasteiger partial charge >= 0.3 is 0 Å². The molecule has 24 heavy (non-hydrogen) atoms. The van der Waals surface area contributed by atoms with Crippen molar-refractivity contribution in [3.63, 3.8) is 0 Å². The molecule has 0 aliphatic heterocycles. The SMILES string of the molecule is Brc1csc(-c2n[nH]c3c2Cc2ccc(Cn4cncn4)cc2-3)c1. The number of aromatic amines is 1. The second kappa shape index (κ2) is 5.39. The molecule has 0 amide bonds. The Labute approximate surface area is 150 Å². The fourth-order valence-electron chi connectivity index (χ4n) is 3.20. The first-order valence-corrected chi connectivity index (χ1v) is 9.21. The molecule has 5 rings (SSSR count). The van der Waals surface area contributed by atoms with Crippen LogP contribution in [0.15, 0.2) is 46.8 Å². The van der Waals surface area contributed by atoms with Crippen LogP contribution in [-0.2, 0) is 13.0 Å². The number of fused-ring (bicyclic) bond motifs is 3. The molecular weight excluding hydrogens is 386 g/mol. The molecule has 1 aliphatic carbocycles. The Bertz CT molecular complexity index is 1030. The van der Waals surface area contributed by atoms with Crippen LogP contribution in [0.5, 0.6) is 0 Å². The smallest absolute Gasteiger partial charge is 0.137 e. The van der Waals surface area contributed by atoms with Crippen LogP contribution in [0.25, 0.3) is 21.8 Å². The van der Waals surface area contributed by atoms with Gasteiger partial charge < -0.3 is 0 Å². The fourth-order valence-corrected chi connectivity index (χ4v) is 4.65. The second-order valence-electron chi connectivity index (χ2n) is 5.82. The molecule has 118 valence electrons. The van der Waals surface area contributed by atoms with E-state index in [-0.39, 0.29) is 0 Å². The first-order valence-electron chi connectivity index (χ1n) is 7.54. The van der Waals surface area contributed by atoms with Crippen LogP contribution in [0.3, 0.4) is 0 Å². The Morgan fingerprint density at radius 2 is 2.25 bits per heavy atom. The van der Waals surface area contributed by atoms with Gasteiger partial charge in [-0.05, 0) is 39.2 Å². The molecule has 0 saturated carbocycles. The third-order valence-electron chi connectivity index (χ3n) is 4.29. The Balaban J connectivity index is 1.54. The molecule has 0 fully saturated rings. The van der Waals surface area contributed by atoms with E-state index in [2.05, 4.69) is 65.9 Å². The highest BCUT2D eigenvalue weighted by Gasteiger charge is 2.25. The van der Waals surface area contributed by atoms with Crippen LogP contribution < -0.4 is 0 Å². The molecule has 1 aliphatic rings. The molecule has 0 unspecified atom stereocenters. The lowest BCUT2D eigenvalue weighted by molar-refractivity contribution is 0.685. The van der Waals surface area contributed by atoms with Crippen molar-refractivity contribution >= 4 is 27.3 Å². The van der Waals surface area contributed by atoms with E-state index >= 15 is 0 Å². The number of hydrogen-bond donors (Lipinski definition) is 1. The highest BCUT2D eigenvalue weighted by atomic mass is 79.9. The summed E-state index contributed by atoms with van der Waals surface area (Å²) in [4.78, 5) is 5.19. The van der Waals surface area contributed by atoms with Gasteiger partial charge in [-0.3, -0.25) is 5.10 Å². The predicted molar refractivity (Wildman–Crippen MR) is 97.0 cm³/mol. The van der Waals surface area contributed by atoms with E-state index < -0.39 is 0 Å². The first kappa shape index (κ1) is 14.1. The molecule has 1 N–H and O–H groups in total. The van der Waals surface area contributed by atoms with Crippen LogP contribution in [-0.4, -0.2) is 25.0 Å². The average molecular weight is 398 g/mol. The highest BCUT2D eigenvalue weighted by molar-refractivity contribution is 9.10. The van der Waals surface area contributed by atoms with Gasteiger partial charge in [0.1, 0.15) is 18.3 Å². The number of hydrogen-bond acceptors (Lipinski definition) is 4. The second-order valence-corrected chi connectivity index (χ2v) is 7.64. The topological polar surface area (TPSA) is 59.4 Å². The summed E-state index contributed by atoms with van der Waals surface area (Å²) in [5, 5.41) is 14.1. The molecule has 0 atom stereocenters. The Kier molecular flexibility index (Phi) is 3.17. The van der Waals surface area contributed by atoms with E-state index in [4.69, 9.17) is 0 Å². The van der Waals surface area contributed by atoms with Crippen molar-refractivity contribution < 1.29 is 0 Å². The average Bonchev–Trinajstić information content (AvgIpc) is 3.32. The Hall–Kier alpha value is -2.25. The maximum absolute atomic E-state index is 4.56. The Morgan fingerprint density at radius 3 is 3.04 bits per heavy atom. The van der Waals surface area contributed by atoms with Crippen molar-refractivity contribution in [1.82, 2.24) is 25.0 Å². The highest BCUT2D eigenvalue weighted by Crippen LogP contribution is 2.42. The van der Waals surface area contributed by atoms with Crippen LogP contribution >= 0.6 is 27.3 Å². The Morgan fingerprint density at radius 1 is 1.29 bits per heavy atom. The van der Waals surface area contributed by atoms with Crippen LogP contribution in [0.1, 0.15) is 16.7 Å². The maximum atomic E-state index is 4.56. The number of nitrogens with one attached hydrogen (secondary N) is 1. The summed E-state index contributed by atoms with van der Waals surface area (Å²) in [5.41, 5.74) is 7.30. The molecule has 7 heteroatoms. The summed E-state index contributed by atoms with van der Waals surface area (Å²) in [6.45, 7) is 0.724. The predicted octanol–water partition coefficient (Wildman–Crippen LogP) is 4.11. The minimum absolute atomic E-state index is 0.724. The number of H-pyrrole nitrogens is 1. The van der Waals surface area contributed by atoms with Gasteiger partial charge in [0.25, 0.3) is 0 Å². The normalized spacial score (nSPS) is 12.4. The molecule has 4 aromatic rings. The van der Waals surface area contributed by atoms with Gasteiger partial charge in [-0.15, -0.1) is 11.3 Å². The number of halogens is 1.